The highest BCUT2D eigenvalue weighted by Gasteiger charge is 2.18. The summed E-state index contributed by atoms with van der Waals surface area (Å²) in [5.74, 6) is 0.313. The van der Waals surface area contributed by atoms with E-state index >= 15 is 0 Å². The molecule has 0 radical (unpaired) electrons. The summed E-state index contributed by atoms with van der Waals surface area (Å²) in [7, 11) is 0. The molecule has 0 atom stereocenters. The number of phenols is 1. The first-order chi connectivity index (χ1) is 7.53. The van der Waals surface area contributed by atoms with Gasteiger partial charge in [0, 0.05) is 13.0 Å². The molecule has 1 aromatic rings. The zero-order valence-corrected chi connectivity index (χ0v) is 10.5. The molecule has 0 fully saturated rings. The maximum absolute atomic E-state index is 9.20. The monoisotopic (exact) mass is 222 g/mol. The fraction of sp³-hybridized carbons (Fsp3) is 0.571. The Bertz CT molecular complexity index is 301. The highest BCUT2D eigenvalue weighted by Crippen LogP contribution is 2.19. The van der Waals surface area contributed by atoms with Crippen molar-refractivity contribution in [1.82, 2.24) is 0 Å². The summed E-state index contributed by atoms with van der Waals surface area (Å²) >= 11 is 0. The third-order valence-electron chi connectivity index (χ3n) is 2.56. The molecular weight excluding hydrogens is 200 g/mol. The second-order valence-electron chi connectivity index (χ2n) is 4.80. The summed E-state index contributed by atoms with van der Waals surface area (Å²) in [6.07, 6.45) is 3.14. The molecule has 16 heavy (non-hydrogen) atoms. The second kappa shape index (κ2) is 5.90. The van der Waals surface area contributed by atoms with Crippen molar-refractivity contribution in [1.29, 1.82) is 0 Å². The summed E-state index contributed by atoms with van der Waals surface area (Å²) in [4.78, 5) is 0. The van der Waals surface area contributed by atoms with E-state index in [-0.39, 0.29) is 5.60 Å². The van der Waals surface area contributed by atoms with E-state index in [4.69, 9.17) is 4.74 Å². The molecule has 2 heteroatoms. The van der Waals surface area contributed by atoms with Crippen LogP contribution in [0.3, 0.4) is 0 Å². The van der Waals surface area contributed by atoms with Crippen LogP contribution in [0.15, 0.2) is 24.3 Å². The van der Waals surface area contributed by atoms with Gasteiger partial charge in [0.25, 0.3) is 0 Å². The third-order valence-corrected chi connectivity index (χ3v) is 2.56. The minimum absolute atomic E-state index is 0.133. The van der Waals surface area contributed by atoms with E-state index < -0.39 is 0 Å². The highest BCUT2D eigenvalue weighted by atomic mass is 16.5. The van der Waals surface area contributed by atoms with Crippen LogP contribution in [0.1, 0.15) is 39.2 Å². The molecule has 0 heterocycles. The Hall–Kier alpha value is -1.02. The number of hydrogen-bond acceptors (Lipinski definition) is 2. The van der Waals surface area contributed by atoms with E-state index in [0.29, 0.717) is 5.75 Å². The topological polar surface area (TPSA) is 29.5 Å². The van der Waals surface area contributed by atoms with Crippen molar-refractivity contribution in [2.45, 2.75) is 45.6 Å². The van der Waals surface area contributed by atoms with Gasteiger partial charge in [0.05, 0.1) is 5.60 Å². The minimum atomic E-state index is -0.133. The highest BCUT2D eigenvalue weighted by molar-refractivity contribution is 5.26. The largest absolute Gasteiger partial charge is 0.508 e. The van der Waals surface area contributed by atoms with Crippen molar-refractivity contribution in [2.75, 3.05) is 6.61 Å². The van der Waals surface area contributed by atoms with Gasteiger partial charge in [0.1, 0.15) is 5.75 Å². The molecule has 0 aromatic heterocycles. The Labute approximate surface area is 98.3 Å². The van der Waals surface area contributed by atoms with Gasteiger partial charge in [-0.25, -0.2) is 0 Å². The molecule has 0 bridgehead atoms. The van der Waals surface area contributed by atoms with Gasteiger partial charge in [-0.05, 0) is 38.0 Å². The van der Waals surface area contributed by atoms with Gasteiger partial charge < -0.3 is 9.84 Å². The number of rotatable bonds is 6. The van der Waals surface area contributed by atoms with Crippen molar-refractivity contribution < 1.29 is 9.84 Å². The molecule has 0 saturated heterocycles. The van der Waals surface area contributed by atoms with Gasteiger partial charge in [-0.3, -0.25) is 0 Å². The van der Waals surface area contributed by atoms with E-state index in [9.17, 15) is 5.11 Å². The van der Waals surface area contributed by atoms with Crippen molar-refractivity contribution >= 4 is 0 Å². The number of aromatic hydroxyl groups is 1. The molecule has 0 unspecified atom stereocenters. The average molecular weight is 222 g/mol. The fourth-order valence-electron chi connectivity index (χ4n) is 1.65. The zero-order chi connectivity index (χ0) is 12.0. The molecule has 0 saturated carbocycles. The average Bonchev–Trinajstić information content (AvgIpc) is 2.21. The van der Waals surface area contributed by atoms with Gasteiger partial charge in [-0.15, -0.1) is 0 Å². The van der Waals surface area contributed by atoms with Crippen LogP contribution in [-0.2, 0) is 11.2 Å². The molecular formula is C14H22O2. The predicted molar refractivity (Wildman–Crippen MR) is 66.7 cm³/mol. The first-order valence-corrected chi connectivity index (χ1v) is 5.95. The van der Waals surface area contributed by atoms with Crippen LogP contribution in [0.4, 0.5) is 0 Å². The van der Waals surface area contributed by atoms with E-state index in [0.717, 1.165) is 25.9 Å². The SMILES string of the molecule is CCCCOC(C)(C)Cc1ccc(O)cc1. The lowest BCUT2D eigenvalue weighted by Crippen LogP contribution is -2.27. The number of phenolic OH excluding ortho intramolecular Hbond substituents is 1. The van der Waals surface area contributed by atoms with Crippen molar-refractivity contribution in [2.24, 2.45) is 0 Å². The Morgan fingerprint density at radius 2 is 1.81 bits per heavy atom. The smallest absolute Gasteiger partial charge is 0.115 e. The van der Waals surface area contributed by atoms with E-state index in [1.807, 2.05) is 12.1 Å². The molecule has 0 amide bonds. The number of hydrogen-bond donors (Lipinski definition) is 1. The third kappa shape index (κ3) is 4.67. The summed E-state index contributed by atoms with van der Waals surface area (Å²) < 4.78 is 5.84. The standard InChI is InChI=1S/C14H22O2/c1-4-5-10-16-14(2,3)11-12-6-8-13(15)9-7-12/h6-9,15H,4-5,10-11H2,1-3H3. The lowest BCUT2D eigenvalue weighted by Gasteiger charge is -2.25. The van der Waals surface area contributed by atoms with Gasteiger partial charge in [-0.2, -0.15) is 0 Å². The lowest BCUT2D eigenvalue weighted by atomic mass is 9.98. The van der Waals surface area contributed by atoms with Gasteiger partial charge in [0.15, 0.2) is 0 Å². The fourth-order valence-corrected chi connectivity index (χ4v) is 1.65. The van der Waals surface area contributed by atoms with E-state index in [1.165, 1.54) is 5.56 Å². The van der Waals surface area contributed by atoms with Gasteiger partial charge in [0.2, 0.25) is 0 Å². The molecule has 0 spiro atoms. The van der Waals surface area contributed by atoms with Crippen LogP contribution < -0.4 is 0 Å². The summed E-state index contributed by atoms with van der Waals surface area (Å²) in [5, 5.41) is 9.20. The van der Waals surface area contributed by atoms with Crippen molar-refractivity contribution in [3.8, 4) is 5.75 Å². The minimum Gasteiger partial charge on any atom is -0.508 e. The molecule has 90 valence electrons. The molecule has 0 aliphatic carbocycles. The van der Waals surface area contributed by atoms with Crippen LogP contribution in [0, 0.1) is 0 Å². The molecule has 2 nitrogen and oxygen atoms in total. The maximum atomic E-state index is 9.20. The Morgan fingerprint density at radius 1 is 1.19 bits per heavy atom. The first-order valence-electron chi connectivity index (χ1n) is 5.95. The molecule has 0 aliphatic rings. The van der Waals surface area contributed by atoms with Crippen LogP contribution >= 0.6 is 0 Å². The van der Waals surface area contributed by atoms with Crippen molar-refractivity contribution in [3.63, 3.8) is 0 Å². The second-order valence-corrected chi connectivity index (χ2v) is 4.80. The summed E-state index contributed by atoms with van der Waals surface area (Å²) in [5.41, 5.74) is 1.06. The first kappa shape index (κ1) is 13.0. The Morgan fingerprint density at radius 3 is 2.38 bits per heavy atom. The van der Waals surface area contributed by atoms with Crippen molar-refractivity contribution in [3.05, 3.63) is 29.8 Å². The van der Waals surface area contributed by atoms with E-state index in [2.05, 4.69) is 20.8 Å². The van der Waals surface area contributed by atoms with Crippen LogP contribution in [-0.4, -0.2) is 17.3 Å². The summed E-state index contributed by atoms with van der Waals surface area (Å²) in [6, 6.07) is 7.33. The number of benzene rings is 1. The number of unbranched alkanes of at least 4 members (excludes halogenated alkanes) is 1. The van der Waals surface area contributed by atoms with Crippen LogP contribution in [0.5, 0.6) is 5.75 Å². The Balaban J connectivity index is 2.48. The predicted octanol–water partition coefficient (Wildman–Crippen LogP) is 3.53. The maximum Gasteiger partial charge on any atom is 0.115 e. The van der Waals surface area contributed by atoms with E-state index in [1.54, 1.807) is 12.1 Å². The molecule has 1 N–H and O–H groups in total. The molecule has 1 aromatic carbocycles. The van der Waals surface area contributed by atoms with Crippen LogP contribution in [0.25, 0.3) is 0 Å². The molecule has 1 rings (SSSR count). The Kier molecular flexibility index (Phi) is 4.81. The molecule has 0 aliphatic heterocycles. The number of ether oxygens (including phenoxy) is 1. The summed E-state index contributed by atoms with van der Waals surface area (Å²) in [6.45, 7) is 7.20. The normalized spacial score (nSPS) is 11.7. The van der Waals surface area contributed by atoms with Gasteiger partial charge >= 0.3 is 0 Å². The van der Waals surface area contributed by atoms with Gasteiger partial charge in [-0.1, -0.05) is 25.5 Å². The lowest BCUT2D eigenvalue weighted by molar-refractivity contribution is -0.0182. The quantitative estimate of drug-likeness (QED) is 0.746. The van der Waals surface area contributed by atoms with Crippen LogP contribution in [0.2, 0.25) is 0 Å². The zero-order valence-electron chi connectivity index (χ0n) is 10.5.